The zero-order valence-corrected chi connectivity index (χ0v) is 12.1. The molecule has 0 saturated carbocycles. The first-order chi connectivity index (χ1) is 8.94. The summed E-state index contributed by atoms with van der Waals surface area (Å²) in [6.07, 6.45) is 1.71. The Labute approximate surface area is 114 Å². The average molecular weight is 287 g/mol. The number of sulfonamides is 1. The van der Waals surface area contributed by atoms with Crippen molar-refractivity contribution in [2.75, 3.05) is 29.5 Å². The number of hydrogen-bond acceptors (Lipinski definition) is 6. The molecule has 0 fully saturated rings. The lowest BCUT2D eigenvalue weighted by Crippen LogP contribution is -2.22. The molecule has 0 spiro atoms. The predicted molar refractivity (Wildman–Crippen MR) is 76.7 cm³/mol. The molecule has 1 rings (SSSR count). The fourth-order valence-corrected chi connectivity index (χ4v) is 1.80. The smallest absolute Gasteiger partial charge is 0.210 e. The van der Waals surface area contributed by atoms with Gasteiger partial charge in [-0.05, 0) is 6.42 Å². The zero-order valence-electron chi connectivity index (χ0n) is 11.3. The molecule has 0 unspecified atom stereocenters. The van der Waals surface area contributed by atoms with E-state index in [2.05, 4.69) is 27.5 Å². The molecule has 108 valence electrons. The molecule has 0 saturated heterocycles. The van der Waals surface area contributed by atoms with Crippen LogP contribution in [-0.2, 0) is 16.4 Å². The van der Waals surface area contributed by atoms with E-state index in [1.807, 2.05) is 6.92 Å². The van der Waals surface area contributed by atoms with Crippen molar-refractivity contribution < 1.29 is 8.42 Å². The van der Waals surface area contributed by atoms with E-state index in [4.69, 9.17) is 5.14 Å². The van der Waals surface area contributed by atoms with Crippen molar-refractivity contribution in [3.8, 4) is 0 Å². The first kappa shape index (κ1) is 15.6. The Balaban J connectivity index is 2.70. The number of primary sulfonamides is 1. The van der Waals surface area contributed by atoms with Crippen LogP contribution in [0.25, 0.3) is 0 Å². The Morgan fingerprint density at radius 2 is 1.74 bits per heavy atom. The second-order valence-corrected chi connectivity index (χ2v) is 5.86. The highest BCUT2D eigenvalue weighted by Crippen LogP contribution is 2.11. The van der Waals surface area contributed by atoms with Crippen LogP contribution in [0.3, 0.4) is 0 Å². The predicted octanol–water partition coefficient (Wildman–Crippen LogP) is 0.561. The van der Waals surface area contributed by atoms with Crippen LogP contribution in [0.5, 0.6) is 0 Å². The molecule has 1 aromatic rings. The highest BCUT2D eigenvalue weighted by molar-refractivity contribution is 7.89. The summed E-state index contributed by atoms with van der Waals surface area (Å²) in [7, 11) is -3.46. The van der Waals surface area contributed by atoms with Gasteiger partial charge >= 0.3 is 0 Å². The number of aryl methyl sites for hydroxylation is 1. The number of nitrogens with two attached hydrogens (primary N) is 1. The van der Waals surface area contributed by atoms with E-state index in [9.17, 15) is 8.42 Å². The Morgan fingerprint density at radius 1 is 1.16 bits per heavy atom. The van der Waals surface area contributed by atoms with Crippen molar-refractivity contribution in [3.05, 3.63) is 11.9 Å². The van der Waals surface area contributed by atoms with Gasteiger partial charge in [0.05, 0.1) is 5.75 Å². The molecule has 1 heterocycles. The van der Waals surface area contributed by atoms with Gasteiger partial charge in [-0.25, -0.2) is 23.5 Å². The van der Waals surface area contributed by atoms with E-state index in [1.54, 1.807) is 6.07 Å². The topological polar surface area (TPSA) is 110 Å². The van der Waals surface area contributed by atoms with Crippen molar-refractivity contribution >= 4 is 21.7 Å². The third-order valence-corrected chi connectivity index (χ3v) is 3.11. The van der Waals surface area contributed by atoms with Crippen molar-refractivity contribution in [1.29, 1.82) is 0 Å². The van der Waals surface area contributed by atoms with Crippen molar-refractivity contribution in [2.45, 2.75) is 26.7 Å². The second-order valence-electron chi connectivity index (χ2n) is 4.13. The van der Waals surface area contributed by atoms with Crippen LogP contribution in [-0.4, -0.2) is 37.2 Å². The second kappa shape index (κ2) is 7.25. The zero-order chi connectivity index (χ0) is 14.3. The van der Waals surface area contributed by atoms with Gasteiger partial charge in [0.15, 0.2) is 0 Å². The maximum absolute atomic E-state index is 10.8. The summed E-state index contributed by atoms with van der Waals surface area (Å²) in [6, 6.07) is 1.76. The highest BCUT2D eigenvalue weighted by atomic mass is 32.2. The number of rotatable bonds is 8. The van der Waals surface area contributed by atoms with Gasteiger partial charge in [0.2, 0.25) is 10.0 Å². The van der Waals surface area contributed by atoms with Crippen LogP contribution >= 0.6 is 0 Å². The quantitative estimate of drug-likeness (QED) is 0.644. The molecule has 0 aliphatic heterocycles. The molecule has 0 amide bonds. The SMILES string of the molecule is CCCNc1cc(NCCS(N)(=O)=O)nc(CC)n1. The summed E-state index contributed by atoms with van der Waals surface area (Å²) in [5.41, 5.74) is 0. The van der Waals surface area contributed by atoms with Crippen molar-refractivity contribution in [2.24, 2.45) is 5.14 Å². The minimum atomic E-state index is -3.46. The molecular weight excluding hydrogens is 266 g/mol. The summed E-state index contributed by atoms with van der Waals surface area (Å²) in [5.74, 6) is 1.93. The Kier molecular flexibility index (Phi) is 5.97. The molecule has 0 aromatic carbocycles. The highest BCUT2D eigenvalue weighted by Gasteiger charge is 2.05. The molecule has 19 heavy (non-hydrogen) atoms. The van der Waals surface area contributed by atoms with Gasteiger partial charge < -0.3 is 10.6 Å². The molecule has 1 aromatic heterocycles. The van der Waals surface area contributed by atoms with E-state index < -0.39 is 10.0 Å². The lowest BCUT2D eigenvalue weighted by Gasteiger charge is -2.10. The van der Waals surface area contributed by atoms with E-state index in [-0.39, 0.29) is 12.3 Å². The van der Waals surface area contributed by atoms with Gasteiger partial charge in [0.1, 0.15) is 17.5 Å². The van der Waals surface area contributed by atoms with Gasteiger partial charge in [-0.15, -0.1) is 0 Å². The molecule has 0 atom stereocenters. The minimum absolute atomic E-state index is 0.129. The minimum Gasteiger partial charge on any atom is -0.370 e. The molecule has 4 N–H and O–H groups in total. The number of nitrogens with one attached hydrogen (secondary N) is 2. The maximum Gasteiger partial charge on any atom is 0.210 e. The number of anilines is 2. The Bertz CT molecular complexity index is 504. The van der Waals surface area contributed by atoms with Crippen LogP contribution in [0.4, 0.5) is 11.6 Å². The van der Waals surface area contributed by atoms with Gasteiger partial charge in [0.25, 0.3) is 0 Å². The van der Waals surface area contributed by atoms with Crippen LogP contribution in [0.2, 0.25) is 0 Å². The van der Waals surface area contributed by atoms with Crippen LogP contribution < -0.4 is 15.8 Å². The van der Waals surface area contributed by atoms with Gasteiger partial charge in [-0.1, -0.05) is 13.8 Å². The number of hydrogen-bond donors (Lipinski definition) is 3. The van der Waals surface area contributed by atoms with Crippen LogP contribution in [0.1, 0.15) is 26.1 Å². The van der Waals surface area contributed by atoms with E-state index in [0.29, 0.717) is 18.1 Å². The Morgan fingerprint density at radius 3 is 2.21 bits per heavy atom. The van der Waals surface area contributed by atoms with Gasteiger partial charge in [-0.2, -0.15) is 0 Å². The summed E-state index contributed by atoms with van der Waals surface area (Å²) in [5, 5.41) is 11.1. The molecule has 0 radical (unpaired) electrons. The van der Waals surface area contributed by atoms with Gasteiger partial charge in [-0.3, -0.25) is 0 Å². The molecule has 0 aliphatic rings. The van der Waals surface area contributed by atoms with Crippen molar-refractivity contribution in [3.63, 3.8) is 0 Å². The summed E-state index contributed by atoms with van der Waals surface area (Å²) in [4.78, 5) is 8.62. The average Bonchev–Trinajstić information content (AvgIpc) is 2.34. The summed E-state index contributed by atoms with van der Waals surface area (Å²) >= 11 is 0. The molecular formula is C11H21N5O2S. The Hall–Kier alpha value is -1.41. The van der Waals surface area contributed by atoms with E-state index in [0.717, 1.165) is 18.8 Å². The van der Waals surface area contributed by atoms with E-state index >= 15 is 0 Å². The monoisotopic (exact) mass is 287 g/mol. The third-order valence-electron chi connectivity index (χ3n) is 2.34. The lowest BCUT2D eigenvalue weighted by molar-refractivity contribution is 0.598. The first-order valence-electron chi connectivity index (χ1n) is 6.30. The normalized spacial score (nSPS) is 11.3. The largest absolute Gasteiger partial charge is 0.370 e. The molecule has 0 aliphatic carbocycles. The fourth-order valence-electron chi connectivity index (χ4n) is 1.41. The number of nitrogens with zero attached hydrogens (tertiary/aromatic N) is 2. The van der Waals surface area contributed by atoms with Crippen LogP contribution in [0, 0.1) is 0 Å². The van der Waals surface area contributed by atoms with E-state index in [1.165, 1.54) is 0 Å². The summed E-state index contributed by atoms with van der Waals surface area (Å²) < 4.78 is 21.7. The van der Waals surface area contributed by atoms with Crippen LogP contribution in [0.15, 0.2) is 6.07 Å². The van der Waals surface area contributed by atoms with Gasteiger partial charge in [0, 0.05) is 25.6 Å². The summed E-state index contributed by atoms with van der Waals surface area (Å²) in [6.45, 7) is 5.09. The first-order valence-corrected chi connectivity index (χ1v) is 8.02. The third kappa shape index (κ3) is 6.35. The fraction of sp³-hybridized carbons (Fsp3) is 0.636. The molecule has 0 bridgehead atoms. The number of aromatic nitrogens is 2. The lowest BCUT2D eigenvalue weighted by atomic mass is 10.4. The van der Waals surface area contributed by atoms with Crippen molar-refractivity contribution in [1.82, 2.24) is 9.97 Å². The maximum atomic E-state index is 10.8. The standard InChI is InChI=1S/C11H21N5O2S/c1-3-5-13-10-8-11(16-9(4-2)15-10)14-6-7-19(12,17)18/h8H,3-7H2,1-2H3,(H2,12,17,18)(H2,13,14,15,16). The molecule has 8 heteroatoms. The molecule has 7 nitrogen and oxygen atoms in total.